The van der Waals surface area contributed by atoms with Crippen LogP contribution < -0.4 is 10.6 Å². The highest BCUT2D eigenvalue weighted by molar-refractivity contribution is 7.89. The van der Waals surface area contributed by atoms with Crippen molar-refractivity contribution < 1.29 is 27.9 Å². The number of carboxylic acid groups (broad SMARTS) is 1. The van der Waals surface area contributed by atoms with Crippen LogP contribution >= 0.6 is 23.2 Å². The highest BCUT2D eigenvalue weighted by Crippen LogP contribution is 2.31. The van der Waals surface area contributed by atoms with Crippen LogP contribution in [0.1, 0.15) is 44.1 Å². The molecule has 2 aromatic rings. The topological polar surface area (TPSA) is 136 Å². The van der Waals surface area contributed by atoms with Crippen molar-refractivity contribution in [1.29, 1.82) is 0 Å². The zero-order valence-corrected chi connectivity index (χ0v) is 24.3. The average Bonchev–Trinajstić information content (AvgIpc) is 3.37. The van der Waals surface area contributed by atoms with Crippen LogP contribution in [0.25, 0.3) is 0 Å². The van der Waals surface area contributed by atoms with Crippen LogP contribution in [-0.4, -0.2) is 65.9 Å². The lowest BCUT2D eigenvalue weighted by Crippen LogP contribution is -2.57. The molecule has 1 saturated carbocycles. The number of urea groups is 1. The van der Waals surface area contributed by atoms with E-state index in [1.165, 1.54) is 18.2 Å². The Balaban J connectivity index is 1.67. The van der Waals surface area contributed by atoms with Crippen LogP contribution in [0.2, 0.25) is 10.0 Å². The van der Waals surface area contributed by atoms with Gasteiger partial charge in [0.2, 0.25) is 10.0 Å². The van der Waals surface area contributed by atoms with Crippen molar-refractivity contribution in [2.45, 2.75) is 62.6 Å². The van der Waals surface area contributed by atoms with Gasteiger partial charge in [-0.1, -0.05) is 54.6 Å². The molecule has 2 fully saturated rings. The molecule has 0 radical (unpaired) electrons. The number of aliphatic carboxylic acids is 1. The second-order valence-corrected chi connectivity index (χ2v) is 12.9. The van der Waals surface area contributed by atoms with E-state index in [0.717, 1.165) is 46.9 Å². The van der Waals surface area contributed by atoms with Gasteiger partial charge in [-0.3, -0.25) is 14.5 Å². The normalized spacial score (nSPS) is 19.3. The molecule has 1 saturated heterocycles. The number of nitrogens with one attached hydrogen (secondary N) is 2. The SMILES string of the molecule is Cc1cccc(NC(=O)N2CCN(S(=O)(=O)c3ccc(Cl)c(Cl)c3)C2C(=O)NC(CC(=O)O)C2CCCCC2)c1. The summed E-state index contributed by atoms with van der Waals surface area (Å²) >= 11 is 12.1. The number of aryl methyl sites for hydroxylation is 1. The summed E-state index contributed by atoms with van der Waals surface area (Å²) in [6.07, 6.45) is 2.53. The quantitative estimate of drug-likeness (QED) is 0.396. The molecule has 1 aliphatic carbocycles. The maximum atomic E-state index is 13.8. The number of carbonyl (C=O) groups excluding carboxylic acids is 2. The molecule has 1 aliphatic heterocycles. The minimum atomic E-state index is -4.31. The maximum absolute atomic E-state index is 13.8. The van der Waals surface area contributed by atoms with Crippen LogP contribution in [0, 0.1) is 12.8 Å². The summed E-state index contributed by atoms with van der Waals surface area (Å²) < 4.78 is 28.4. The second kappa shape index (κ2) is 12.8. The molecule has 2 atom stereocenters. The zero-order chi connectivity index (χ0) is 29.0. The number of halogens is 2. The summed E-state index contributed by atoms with van der Waals surface area (Å²) in [5.74, 6) is -1.90. The number of rotatable bonds is 8. The van der Waals surface area contributed by atoms with Gasteiger partial charge < -0.3 is 15.7 Å². The number of hydrogen-bond acceptors (Lipinski definition) is 5. The Morgan fingerprint density at radius 1 is 1.02 bits per heavy atom. The Labute approximate surface area is 243 Å². The molecule has 2 aliphatic rings. The van der Waals surface area contributed by atoms with Gasteiger partial charge in [-0.2, -0.15) is 4.31 Å². The minimum absolute atomic E-state index is 0.0239. The molecule has 0 bridgehead atoms. The van der Waals surface area contributed by atoms with Gasteiger partial charge in [0.25, 0.3) is 5.91 Å². The molecule has 2 unspecified atom stereocenters. The van der Waals surface area contributed by atoms with Crippen molar-refractivity contribution in [3.05, 3.63) is 58.1 Å². The second-order valence-electron chi connectivity index (χ2n) is 10.2. The third-order valence-corrected chi connectivity index (χ3v) is 9.92. The fraction of sp³-hybridized carbons (Fsp3) is 0.444. The molecule has 1 heterocycles. The fourth-order valence-corrected chi connectivity index (χ4v) is 7.29. The molecule has 3 N–H and O–H groups in total. The highest BCUT2D eigenvalue weighted by atomic mass is 35.5. The van der Waals surface area contributed by atoms with Crippen LogP contribution in [0.15, 0.2) is 47.4 Å². The predicted octanol–water partition coefficient (Wildman–Crippen LogP) is 4.71. The van der Waals surface area contributed by atoms with Crippen LogP contribution in [0.3, 0.4) is 0 Å². The third-order valence-electron chi connectivity index (χ3n) is 7.33. The van der Waals surface area contributed by atoms with Crippen molar-refractivity contribution in [3.63, 3.8) is 0 Å². The Kier molecular flexibility index (Phi) is 9.60. The van der Waals surface area contributed by atoms with Crippen molar-refractivity contribution in [3.8, 4) is 0 Å². The maximum Gasteiger partial charge on any atom is 0.323 e. The van der Waals surface area contributed by atoms with E-state index in [9.17, 15) is 27.9 Å². The van der Waals surface area contributed by atoms with Crippen LogP contribution in [-0.2, 0) is 19.6 Å². The first-order valence-corrected chi connectivity index (χ1v) is 15.3. The zero-order valence-electron chi connectivity index (χ0n) is 22.0. The largest absolute Gasteiger partial charge is 0.481 e. The monoisotopic (exact) mass is 610 g/mol. The van der Waals surface area contributed by atoms with Gasteiger partial charge in [0, 0.05) is 24.8 Å². The summed E-state index contributed by atoms with van der Waals surface area (Å²) in [7, 11) is -4.31. The first-order valence-electron chi connectivity index (χ1n) is 13.1. The number of nitrogens with zero attached hydrogens (tertiary/aromatic N) is 2. The summed E-state index contributed by atoms with van der Waals surface area (Å²) in [5.41, 5.74) is 1.39. The van der Waals surface area contributed by atoms with Crippen LogP contribution in [0.4, 0.5) is 10.5 Å². The number of anilines is 1. The molecule has 3 amide bonds. The lowest BCUT2D eigenvalue weighted by atomic mass is 9.82. The van der Waals surface area contributed by atoms with Gasteiger partial charge in [0.05, 0.1) is 21.4 Å². The molecule has 40 heavy (non-hydrogen) atoms. The molecule has 216 valence electrons. The lowest BCUT2D eigenvalue weighted by Gasteiger charge is -2.34. The van der Waals surface area contributed by atoms with Gasteiger partial charge >= 0.3 is 12.0 Å². The molecule has 10 nitrogen and oxygen atoms in total. The number of benzene rings is 2. The van der Waals surface area contributed by atoms with E-state index in [0.29, 0.717) is 5.69 Å². The van der Waals surface area contributed by atoms with Crippen molar-refractivity contribution >= 4 is 56.8 Å². The summed E-state index contributed by atoms with van der Waals surface area (Å²) in [5, 5.41) is 15.3. The average molecular weight is 612 g/mol. The van der Waals surface area contributed by atoms with Gasteiger partial charge in [-0.15, -0.1) is 0 Å². The number of carbonyl (C=O) groups is 3. The van der Waals surface area contributed by atoms with Crippen molar-refractivity contribution in [2.24, 2.45) is 5.92 Å². The Morgan fingerprint density at radius 2 is 1.75 bits per heavy atom. The molecular formula is C27H32Cl2N4O6S. The summed E-state index contributed by atoms with van der Waals surface area (Å²) in [6.45, 7) is 1.64. The highest BCUT2D eigenvalue weighted by Gasteiger charge is 2.47. The van der Waals surface area contributed by atoms with Gasteiger partial charge in [-0.05, 0) is 61.6 Å². The Bertz CT molecular complexity index is 1380. The third kappa shape index (κ3) is 6.88. The van der Waals surface area contributed by atoms with E-state index in [1.807, 2.05) is 13.0 Å². The first kappa shape index (κ1) is 30.1. The number of amides is 3. The molecule has 2 aromatic carbocycles. The standard InChI is InChI=1S/C27H32Cl2N4O6S/c1-17-6-5-9-19(14-17)30-27(37)32-12-13-33(40(38,39)20-10-11-21(28)22(29)15-20)26(32)25(36)31-23(16-24(34)35)18-7-3-2-4-8-18/h5-6,9-11,14-15,18,23,26H,2-4,7-8,12-13,16H2,1H3,(H,30,37)(H,31,36)(H,34,35). The lowest BCUT2D eigenvalue weighted by molar-refractivity contribution is -0.138. The first-order chi connectivity index (χ1) is 19.0. The van der Waals surface area contributed by atoms with Gasteiger partial charge in [0.15, 0.2) is 6.17 Å². The van der Waals surface area contributed by atoms with E-state index in [1.54, 1.807) is 18.2 Å². The molecule has 13 heteroatoms. The smallest absolute Gasteiger partial charge is 0.323 e. The van der Waals surface area contributed by atoms with Crippen molar-refractivity contribution in [1.82, 2.24) is 14.5 Å². The summed E-state index contributed by atoms with van der Waals surface area (Å²) in [6, 6.07) is 9.51. The molecule has 0 aromatic heterocycles. The van der Waals surface area contributed by atoms with E-state index in [4.69, 9.17) is 23.2 Å². The van der Waals surface area contributed by atoms with Crippen LogP contribution in [0.5, 0.6) is 0 Å². The number of sulfonamides is 1. The van der Waals surface area contributed by atoms with Gasteiger partial charge in [0.1, 0.15) is 0 Å². The van der Waals surface area contributed by atoms with E-state index >= 15 is 0 Å². The number of hydrogen-bond donors (Lipinski definition) is 3. The van der Waals surface area contributed by atoms with Gasteiger partial charge in [-0.25, -0.2) is 13.2 Å². The Hall–Kier alpha value is -2.86. The predicted molar refractivity (Wildman–Crippen MR) is 152 cm³/mol. The van der Waals surface area contributed by atoms with E-state index in [2.05, 4.69) is 10.6 Å². The molecule has 0 spiro atoms. The number of carboxylic acids is 1. The molecular weight excluding hydrogens is 579 g/mol. The fourth-order valence-electron chi connectivity index (χ4n) is 5.35. The minimum Gasteiger partial charge on any atom is -0.481 e. The molecule has 4 rings (SSSR count). The van der Waals surface area contributed by atoms with Crippen molar-refractivity contribution in [2.75, 3.05) is 18.4 Å². The van der Waals surface area contributed by atoms with E-state index in [-0.39, 0.29) is 40.4 Å². The van der Waals surface area contributed by atoms with E-state index < -0.39 is 40.1 Å². The Morgan fingerprint density at radius 3 is 2.40 bits per heavy atom. The summed E-state index contributed by atoms with van der Waals surface area (Å²) in [4.78, 5) is 39.9.